The summed E-state index contributed by atoms with van der Waals surface area (Å²) in [5.74, 6) is 1.34. The summed E-state index contributed by atoms with van der Waals surface area (Å²) in [6, 6.07) is 7.89. The molecule has 1 aromatic heterocycles. The van der Waals surface area contributed by atoms with Crippen LogP contribution in [-0.4, -0.2) is 37.6 Å². The van der Waals surface area contributed by atoms with E-state index in [2.05, 4.69) is 5.16 Å². The molecule has 0 amide bonds. The van der Waals surface area contributed by atoms with Crippen molar-refractivity contribution in [2.24, 2.45) is 5.92 Å². The summed E-state index contributed by atoms with van der Waals surface area (Å²) in [5.41, 5.74) is 1.55. The molecule has 0 aliphatic carbocycles. The van der Waals surface area contributed by atoms with Gasteiger partial charge in [-0.3, -0.25) is 0 Å². The van der Waals surface area contributed by atoms with Crippen molar-refractivity contribution in [3.63, 3.8) is 0 Å². The number of piperidine rings is 1. The van der Waals surface area contributed by atoms with E-state index in [0.717, 1.165) is 24.2 Å². The Hall–Kier alpha value is -1.86. The van der Waals surface area contributed by atoms with Gasteiger partial charge in [-0.05, 0) is 51.3 Å². The van der Waals surface area contributed by atoms with Gasteiger partial charge in [-0.2, -0.15) is 4.31 Å². The number of ether oxygens (including phenoxy) is 1. The fraction of sp³-hybridized carbons (Fsp3) is 0.500. The first-order chi connectivity index (χ1) is 11.9. The first-order valence-electron chi connectivity index (χ1n) is 8.50. The normalized spacial score (nSPS) is 19.1. The van der Waals surface area contributed by atoms with Crippen molar-refractivity contribution in [1.82, 2.24) is 9.46 Å². The van der Waals surface area contributed by atoms with E-state index >= 15 is 0 Å². The number of aromatic nitrogens is 1. The summed E-state index contributed by atoms with van der Waals surface area (Å²) < 4.78 is 38.3. The molecule has 0 N–H and O–H groups in total. The first kappa shape index (κ1) is 17.9. The second kappa shape index (κ2) is 7.17. The van der Waals surface area contributed by atoms with E-state index in [1.54, 1.807) is 13.8 Å². The Balaban J connectivity index is 1.69. The highest BCUT2D eigenvalue weighted by atomic mass is 32.2. The molecule has 25 heavy (non-hydrogen) atoms. The number of hydrogen-bond donors (Lipinski definition) is 0. The number of hydrogen-bond acceptors (Lipinski definition) is 5. The summed E-state index contributed by atoms with van der Waals surface area (Å²) in [6.45, 7) is 6.80. The van der Waals surface area contributed by atoms with Gasteiger partial charge in [0.05, 0.1) is 6.61 Å². The van der Waals surface area contributed by atoms with Crippen molar-refractivity contribution in [2.75, 3.05) is 19.7 Å². The lowest BCUT2D eigenvalue weighted by Gasteiger charge is -2.31. The van der Waals surface area contributed by atoms with Crippen LogP contribution in [0.25, 0.3) is 0 Å². The lowest BCUT2D eigenvalue weighted by Crippen LogP contribution is -2.41. The second-order valence-corrected chi connectivity index (χ2v) is 8.53. The largest absolute Gasteiger partial charge is 0.493 e. The minimum atomic E-state index is -3.58. The highest BCUT2D eigenvalue weighted by molar-refractivity contribution is 7.89. The predicted octanol–water partition coefficient (Wildman–Crippen LogP) is 3.08. The highest BCUT2D eigenvalue weighted by Crippen LogP contribution is 2.28. The van der Waals surface area contributed by atoms with Gasteiger partial charge in [-0.15, -0.1) is 0 Å². The number of aryl methyl sites for hydroxylation is 3. The van der Waals surface area contributed by atoms with Gasteiger partial charge >= 0.3 is 0 Å². The van der Waals surface area contributed by atoms with Crippen LogP contribution in [0.5, 0.6) is 5.75 Å². The number of nitrogens with zero attached hydrogens (tertiary/aromatic N) is 2. The lowest BCUT2D eigenvalue weighted by molar-refractivity contribution is 0.180. The molecule has 3 rings (SSSR count). The maximum absolute atomic E-state index is 12.9. The molecule has 1 aliphatic heterocycles. The van der Waals surface area contributed by atoms with E-state index < -0.39 is 10.0 Å². The third kappa shape index (κ3) is 3.88. The summed E-state index contributed by atoms with van der Waals surface area (Å²) in [4.78, 5) is 0.202. The third-order valence-corrected chi connectivity index (χ3v) is 6.63. The van der Waals surface area contributed by atoms with Crippen molar-refractivity contribution in [3.05, 3.63) is 41.3 Å². The van der Waals surface area contributed by atoms with Crippen LogP contribution in [0.2, 0.25) is 0 Å². The summed E-state index contributed by atoms with van der Waals surface area (Å²) in [6.07, 6.45) is 1.78. The zero-order chi connectivity index (χ0) is 18.0. The van der Waals surface area contributed by atoms with Gasteiger partial charge in [0.15, 0.2) is 5.76 Å². The first-order valence-corrected chi connectivity index (χ1v) is 9.94. The molecule has 1 saturated heterocycles. The number of benzene rings is 1. The molecule has 0 spiro atoms. The van der Waals surface area contributed by atoms with E-state index in [0.29, 0.717) is 31.2 Å². The minimum Gasteiger partial charge on any atom is -0.493 e. The molecule has 1 fully saturated rings. The molecule has 2 aromatic rings. The van der Waals surface area contributed by atoms with Crippen LogP contribution in [0, 0.1) is 26.7 Å². The molecule has 0 bridgehead atoms. The van der Waals surface area contributed by atoms with Gasteiger partial charge in [-0.25, -0.2) is 8.42 Å². The Morgan fingerprint density at radius 1 is 1.32 bits per heavy atom. The van der Waals surface area contributed by atoms with Gasteiger partial charge in [0, 0.05) is 19.0 Å². The molecule has 1 aliphatic rings. The molecule has 7 heteroatoms. The van der Waals surface area contributed by atoms with Crippen LogP contribution in [0.4, 0.5) is 0 Å². The average molecular weight is 364 g/mol. The summed E-state index contributed by atoms with van der Waals surface area (Å²) >= 11 is 0. The van der Waals surface area contributed by atoms with E-state index in [-0.39, 0.29) is 10.8 Å². The topological polar surface area (TPSA) is 72.6 Å². The molecular weight excluding hydrogens is 340 g/mol. The Bertz CT molecular complexity index is 825. The number of sulfonamides is 1. The Morgan fingerprint density at radius 2 is 2.12 bits per heavy atom. The van der Waals surface area contributed by atoms with Gasteiger partial charge in [0.2, 0.25) is 10.0 Å². The maximum atomic E-state index is 12.9. The van der Waals surface area contributed by atoms with E-state index in [1.807, 2.05) is 31.2 Å². The standard InChI is InChI=1S/C18H24N2O4S/c1-13-6-4-8-17(10-13)23-12-16-7-5-9-20(11-16)25(21,22)18-14(2)19-24-15(18)3/h4,6,8,10,16H,5,7,9,11-12H2,1-3H3. The van der Waals surface area contributed by atoms with Crippen LogP contribution < -0.4 is 4.74 Å². The Labute approximate surface area is 148 Å². The zero-order valence-corrected chi connectivity index (χ0v) is 15.7. The van der Waals surface area contributed by atoms with Crippen molar-refractivity contribution >= 4 is 10.0 Å². The summed E-state index contributed by atoms with van der Waals surface area (Å²) in [5, 5.41) is 3.78. The third-order valence-electron chi connectivity index (χ3n) is 4.52. The van der Waals surface area contributed by atoms with Gasteiger partial charge in [-0.1, -0.05) is 17.3 Å². The highest BCUT2D eigenvalue weighted by Gasteiger charge is 2.34. The minimum absolute atomic E-state index is 0.171. The quantitative estimate of drug-likeness (QED) is 0.815. The second-order valence-electron chi connectivity index (χ2n) is 6.65. The monoisotopic (exact) mass is 364 g/mol. The smallest absolute Gasteiger partial charge is 0.248 e. The molecule has 6 nitrogen and oxygen atoms in total. The fourth-order valence-electron chi connectivity index (χ4n) is 3.27. The fourth-order valence-corrected chi connectivity index (χ4v) is 5.12. The number of rotatable bonds is 5. The van der Waals surface area contributed by atoms with Crippen molar-refractivity contribution in [1.29, 1.82) is 0 Å². The van der Waals surface area contributed by atoms with Crippen molar-refractivity contribution in [2.45, 2.75) is 38.5 Å². The molecule has 1 unspecified atom stereocenters. The van der Waals surface area contributed by atoms with Crippen molar-refractivity contribution in [3.8, 4) is 5.75 Å². The molecule has 0 radical (unpaired) electrons. The van der Waals surface area contributed by atoms with Gasteiger partial charge < -0.3 is 9.26 Å². The molecular formula is C18H24N2O4S. The van der Waals surface area contributed by atoms with Crippen LogP contribution >= 0.6 is 0 Å². The molecule has 1 atom stereocenters. The van der Waals surface area contributed by atoms with Crippen LogP contribution in [0.15, 0.2) is 33.7 Å². The van der Waals surface area contributed by atoms with Crippen LogP contribution in [-0.2, 0) is 10.0 Å². The lowest BCUT2D eigenvalue weighted by atomic mass is 10.0. The molecule has 2 heterocycles. The Kier molecular flexibility index (Phi) is 5.15. The van der Waals surface area contributed by atoms with Crippen LogP contribution in [0.3, 0.4) is 0 Å². The zero-order valence-electron chi connectivity index (χ0n) is 14.9. The van der Waals surface area contributed by atoms with Crippen molar-refractivity contribution < 1.29 is 17.7 Å². The van der Waals surface area contributed by atoms with Crippen LogP contribution in [0.1, 0.15) is 29.9 Å². The van der Waals surface area contributed by atoms with E-state index in [4.69, 9.17) is 9.26 Å². The van der Waals surface area contributed by atoms with Gasteiger partial charge in [0.1, 0.15) is 16.3 Å². The SMILES string of the molecule is Cc1cccc(OCC2CCCN(S(=O)(=O)c3c(C)noc3C)C2)c1. The molecule has 1 aromatic carbocycles. The van der Waals surface area contributed by atoms with Gasteiger partial charge in [0.25, 0.3) is 0 Å². The molecule has 136 valence electrons. The molecule has 0 saturated carbocycles. The maximum Gasteiger partial charge on any atom is 0.248 e. The van der Waals surface area contributed by atoms with E-state index in [1.165, 1.54) is 4.31 Å². The Morgan fingerprint density at radius 3 is 2.80 bits per heavy atom. The average Bonchev–Trinajstić information content (AvgIpc) is 2.93. The summed E-state index contributed by atoms with van der Waals surface area (Å²) in [7, 11) is -3.58. The predicted molar refractivity (Wildman–Crippen MR) is 94.1 cm³/mol. The van der Waals surface area contributed by atoms with E-state index in [9.17, 15) is 8.42 Å².